The van der Waals surface area contributed by atoms with Crippen molar-refractivity contribution in [3.8, 4) is 0 Å². The molecule has 0 unspecified atom stereocenters. The summed E-state index contributed by atoms with van der Waals surface area (Å²) in [6.07, 6.45) is -9.01. The number of rotatable bonds is 3. The van der Waals surface area contributed by atoms with E-state index in [1.54, 1.807) is 0 Å². The number of aromatic nitrogens is 1. The number of carbonyl (C=O) groups is 1. The zero-order chi connectivity index (χ0) is 14.1. The van der Waals surface area contributed by atoms with Crippen LogP contribution in [-0.2, 0) is 17.4 Å². The first kappa shape index (κ1) is 14.3. The molecule has 0 saturated carbocycles. The van der Waals surface area contributed by atoms with E-state index >= 15 is 0 Å². The third kappa shape index (κ3) is 2.93. The lowest BCUT2D eigenvalue weighted by Crippen LogP contribution is -2.18. The molecule has 0 radical (unpaired) electrons. The van der Waals surface area contributed by atoms with Crippen molar-refractivity contribution in [3.63, 3.8) is 0 Å². The molecule has 0 atom stereocenters. The van der Waals surface area contributed by atoms with Crippen LogP contribution in [-0.4, -0.2) is 16.1 Å². The Labute approximate surface area is 98.3 Å². The Kier molecular flexibility index (Phi) is 3.88. The molecule has 0 amide bonds. The number of alkyl halides is 5. The minimum Gasteiger partial charge on any atom is -0.481 e. The quantitative estimate of drug-likeness (QED) is 0.858. The van der Waals surface area contributed by atoms with Crippen LogP contribution in [0.15, 0.2) is 6.20 Å². The van der Waals surface area contributed by atoms with Crippen molar-refractivity contribution in [2.75, 3.05) is 0 Å². The Morgan fingerprint density at radius 1 is 1.44 bits per heavy atom. The fourth-order valence-electron chi connectivity index (χ4n) is 1.53. The molecule has 8 heteroatoms. The van der Waals surface area contributed by atoms with Gasteiger partial charge >= 0.3 is 12.1 Å². The zero-order valence-electron chi connectivity index (χ0n) is 9.05. The minimum absolute atomic E-state index is 0.228. The third-order valence-electron chi connectivity index (χ3n) is 2.27. The summed E-state index contributed by atoms with van der Waals surface area (Å²) >= 11 is 0. The molecule has 0 aliphatic rings. The molecule has 0 fully saturated rings. The van der Waals surface area contributed by atoms with Gasteiger partial charge in [0.05, 0.1) is 12.0 Å². The number of pyridine rings is 1. The number of halogens is 5. The Bertz CT molecular complexity index is 470. The van der Waals surface area contributed by atoms with Crippen molar-refractivity contribution >= 4 is 5.97 Å². The maximum absolute atomic E-state index is 12.7. The van der Waals surface area contributed by atoms with Gasteiger partial charge in [0.2, 0.25) is 0 Å². The normalized spacial score (nSPS) is 11.9. The SMILES string of the molecule is Cc1ncc(C(F)F)c(C(F)(F)F)c1CC(=O)O. The van der Waals surface area contributed by atoms with Crippen molar-refractivity contribution in [3.05, 3.63) is 28.6 Å². The van der Waals surface area contributed by atoms with Crippen LogP contribution < -0.4 is 0 Å². The van der Waals surface area contributed by atoms with Gasteiger partial charge in [0.25, 0.3) is 6.43 Å². The molecule has 1 aromatic rings. The molecule has 0 aliphatic carbocycles. The predicted molar refractivity (Wildman–Crippen MR) is 50.3 cm³/mol. The number of carboxylic acids is 1. The summed E-state index contributed by atoms with van der Waals surface area (Å²) < 4.78 is 63.3. The first-order chi connectivity index (χ1) is 8.14. The molecular formula is C10H8F5NO2. The molecule has 1 rings (SSSR count). The largest absolute Gasteiger partial charge is 0.481 e. The number of aliphatic carboxylic acids is 1. The van der Waals surface area contributed by atoms with Gasteiger partial charge < -0.3 is 5.11 Å². The second-order valence-electron chi connectivity index (χ2n) is 3.52. The van der Waals surface area contributed by atoms with Gasteiger partial charge in [-0.1, -0.05) is 0 Å². The van der Waals surface area contributed by atoms with E-state index < -0.39 is 41.7 Å². The van der Waals surface area contributed by atoms with Crippen LogP contribution in [0.25, 0.3) is 0 Å². The van der Waals surface area contributed by atoms with E-state index in [0.717, 1.165) is 6.92 Å². The van der Waals surface area contributed by atoms with Gasteiger partial charge in [-0.15, -0.1) is 0 Å². The van der Waals surface area contributed by atoms with Gasteiger partial charge in [0, 0.05) is 17.5 Å². The fourth-order valence-corrected chi connectivity index (χ4v) is 1.53. The fraction of sp³-hybridized carbons (Fsp3) is 0.400. The van der Waals surface area contributed by atoms with Crippen LogP contribution in [0.4, 0.5) is 22.0 Å². The lowest BCUT2D eigenvalue weighted by Gasteiger charge is -2.17. The average molecular weight is 269 g/mol. The molecule has 18 heavy (non-hydrogen) atoms. The molecule has 0 spiro atoms. The number of nitrogens with zero attached hydrogens (tertiary/aromatic N) is 1. The first-order valence-corrected chi connectivity index (χ1v) is 4.70. The van der Waals surface area contributed by atoms with Gasteiger partial charge in [0.15, 0.2) is 0 Å². The Balaban J connectivity index is 3.55. The smallest absolute Gasteiger partial charge is 0.417 e. The van der Waals surface area contributed by atoms with Gasteiger partial charge in [-0.2, -0.15) is 13.2 Å². The first-order valence-electron chi connectivity index (χ1n) is 4.70. The second-order valence-corrected chi connectivity index (χ2v) is 3.52. The summed E-state index contributed by atoms with van der Waals surface area (Å²) in [7, 11) is 0. The van der Waals surface area contributed by atoms with Crippen molar-refractivity contribution in [1.82, 2.24) is 4.98 Å². The third-order valence-corrected chi connectivity index (χ3v) is 2.27. The zero-order valence-corrected chi connectivity index (χ0v) is 9.05. The topological polar surface area (TPSA) is 50.2 Å². The summed E-state index contributed by atoms with van der Waals surface area (Å²) in [4.78, 5) is 13.9. The molecule has 3 nitrogen and oxygen atoms in total. The molecule has 0 aliphatic heterocycles. The number of carboxylic acid groups (broad SMARTS) is 1. The van der Waals surface area contributed by atoms with Crippen molar-refractivity contribution in [2.24, 2.45) is 0 Å². The van der Waals surface area contributed by atoms with E-state index in [9.17, 15) is 26.7 Å². The Morgan fingerprint density at radius 3 is 2.39 bits per heavy atom. The predicted octanol–water partition coefficient (Wildman–Crippen LogP) is 2.97. The van der Waals surface area contributed by atoms with Gasteiger partial charge in [0.1, 0.15) is 0 Å². The van der Waals surface area contributed by atoms with E-state index in [4.69, 9.17) is 5.11 Å². The maximum atomic E-state index is 12.7. The van der Waals surface area contributed by atoms with Crippen LogP contribution in [0.2, 0.25) is 0 Å². The Morgan fingerprint density at radius 2 is 2.00 bits per heavy atom. The molecule has 1 aromatic heterocycles. The minimum atomic E-state index is -5.05. The number of hydrogen-bond acceptors (Lipinski definition) is 2. The maximum Gasteiger partial charge on any atom is 0.417 e. The van der Waals surface area contributed by atoms with E-state index in [0.29, 0.717) is 6.20 Å². The van der Waals surface area contributed by atoms with Gasteiger partial charge in [-0.05, 0) is 12.5 Å². The van der Waals surface area contributed by atoms with Gasteiger partial charge in [-0.3, -0.25) is 9.78 Å². The van der Waals surface area contributed by atoms with Crippen LogP contribution >= 0.6 is 0 Å². The van der Waals surface area contributed by atoms with E-state index in [1.807, 2.05) is 0 Å². The standard InChI is InChI=1S/C10H8F5NO2/c1-4-5(2-7(17)18)8(10(13,14)15)6(3-16-4)9(11)12/h3,9H,2H2,1H3,(H,17,18). The molecule has 0 bridgehead atoms. The molecule has 100 valence electrons. The van der Waals surface area contributed by atoms with Crippen LogP contribution in [0.5, 0.6) is 0 Å². The van der Waals surface area contributed by atoms with Crippen molar-refractivity contribution in [2.45, 2.75) is 25.9 Å². The molecule has 1 heterocycles. The van der Waals surface area contributed by atoms with Crippen LogP contribution in [0.1, 0.15) is 28.8 Å². The highest BCUT2D eigenvalue weighted by Gasteiger charge is 2.39. The van der Waals surface area contributed by atoms with Crippen LogP contribution in [0.3, 0.4) is 0 Å². The summed E-state index contributed by atoms with van der Waals surface area (Å²) in [5, 5.41) is 8.53. The Hall–Kier alpha value is -1.73. The number of aryl methyl sites for hydroxylation is 1. The second kappa shape index (κ2) is 4.87. The molecule has 0 saturated heterocycles. The van der Waals surface area contributed by atoms with E-state index in [1.165, 1.54) is 0 Å². The lowest BCUT2D eigenvalue weighted by atomic mass is 9.98. The molecule has 1 N–H and O–H groups in total. The van der Waals surface area contributed by atoms with E-state index in [-0.39, 0.29) is 5.69 Å². The highest BCUT2D eigenvalue weighted by atomic mass is 19.4. The highest BCUT2D eigenvalue weighted by molar-refractivity contribution is 5.71. The lowest BCUT2D eigenvalue weighted by molar-refractivity contribution is -0.141. The van der Waals surface area contributed by atoms with Gasteiger partial charge in [-0.25, -0.2) is 8.78 Å². The summed E-state index contributed by atoms with van der Waals surface area (Å²) in [5.74, 6) is -1.54. The molecular weight excluding hydrogens is 261 g/mol. The van der Waals surface area contributed by atoms with Crippen molar-refractivity contribution < 1.29 is 31.9 Å². The summed E-state index contributed by atoms with van der Waals surface area (Å²) in [6.45, 7) is 1.14. The summed E-state index contributed by atoms with van der Waals surface area (Å²) in [6, 6.07) is 0. The number of hydrogen-bond donors (Lipinski definition) is 1. The average Bonchev–Trinajstić information content (AvgIpc) is 2.17. The molecule has 0 aromatic carbocycles. The summed E-state index contributed by atoms with van der Waals surface area (Å²) in [5.41, 5.74) is -3.86. The monoisotopic (exact) mass is 269 g/mol. The van der Waals surface area contributed by atoms with E-state index in [2.05, 4.69) is 4.98 Å². The highest BCUT2D eigenvalue weighted by Crippen LogP contribution is 2.39. The van der Waals surface area contributed by atoms with Crippen molar-refractivity contribution in [1.29, 1.82) is 0 Å². The van der Waals surface area contributed by atoms with Crippen LogP contribution in [0, 0.1) is 6.92 Å².